The van der Waals surface area contributed by atoms with Gasteiger partial charge in [-0.1, -0.05) is 55.8 Å². The molecule has 2 aliphatic rings. The molecule has 1 aliphatic heterocycles. The molecule has 1 aliphatic carbocycles. The molecular formula is C32H37N3O2S. The Morgan fingerprint density at radius 3 is 2.74 bits per heavy atom. The van der Waals surface area contributed by atoms with E-state index in [1.807, 2.05) is 11.3 Å². The van der Waals surface area contributed by atoms with Gasteiger partial charge >= 0.3 is 0 Å². The fourth-order valence-corrected chi connectivity index (χ4v) is 7.53. The van der Waals surface area contributed by atoms with Crippen LogP contribution >= 0.6 is 11.3 Å². The number of aromatic hydroxyl groups is 1. The number of nitriles is 1. The van der Waals surface area contributed by atoms with Crippen molar-refractivity contribution in [3.63, 3.8) is 0 Å². The van der Waals surface area contributed by atoms with Crippen molar-refractivity contribution in [3.8, 4) is 11.8 Å². The summed E-state index contributed by atoms with van der Waals surface area (Å²) in [7, 11) is 0. The second-order valence-corrected chi connectivity index (χ2v) is 11.9. The summed E-state index contributed by atoms with van der Waals surface area (Å²) in [6.07, 6.45) is 7.17. The number of carbonyl (C=O) groups excluding carboxylic acids is 1. The highest BCUT2D eigenvalue weighted by atomic mass is 32.1. The van der Waals surface area contributed by atoms with E-state index in [0.29, 0.717) is 30.0 Å². The molecule has 3 atom stereocenters. The molecular weight excluding hydrogens is 490 g/mol. The lowest BCUT2D eigenvalue weighted by atomic mass is 9.90. The van der Waals surface area contributed by atoms with Crippen LogP contribution in [0.5, 0.6) is 5.75 Å². The second kappa shape index (κ2) is 12.1. The standard InChI is InChI=1S/C32H37N3O2S/c1-2-22(20-34-32(37)27-10-6-7-11-29(27)36)12-15-30-28(19-33)26-14-13-25(18-31(26)38-30)35-17-16-24(21-35)23-8-4-3-5-9-23/h3-11,22,24-25,36H,2,12-18,20-21H2,1H3,(H,34,37). The van der Waals surface area contributed by atoms with Crippen molar-refractivity contribution in [1.82, 2.24) is 10.2 Å². The smallest absolute Gasteiger partial charge is 0.255 e. The highest BCUT2D eigenvalue weighted by Gasteiger charge is 2.33. The third kappa shape index (κ3) is 5.80. The van der Waals surface area contributed by atoms with Crippen molar-refractivity contribution < 1.29 is 9.90 Å². The summed E-state index contributed by atoms with van der Waals surface area (Å²) >= 11 is 1.85. The number of rotatable bonds is 9. The van der Waals surface area contributed by atoms with E-state index < -0.39 is 0 Å². The maximum Gasteiger partial charge on any atom is 0.255 e. The van der Waals surface area contributed by atoms with Crippen molar-refractivity contribution in [2.75, 3.05) is 19.6 Å². The van der Waals surface area contributed by atoms with E-state index in [2.05, 4.69) is 53.5 Å². The van der Waals surface area contributed by atoms with Gasteiger partial charge in [-0.05, 0) is 80.2 Å². The van der Waals surface area contributed by atoms with Crippen LogP contribution in [0, 0.1) is 17.2 Å². The number of fused-ring (bicyclic) bond motifs is 1. The SMILES string of the molecule is CCC(CCc1sc2c(c1C#N)CCC(N1CCC(c3ccccc3)C1)C2)CNC(=O)c1ccccc1O. The number of nitrogens with one attached hydrogen (secondary N) is 1. The van der Waals surface area contributed by atoms with Gasteiger partial charge in [-0.15, -0.1) is 11.3 Å². The molecule has 0 spiro atoms. The summed E-state index contributed by atoms with van der Waals surface area (Å²) in [4.78, 5) is 17.8. The Kier molecular flexibility index (Phi) is 8.46. The zero-order valence-electron chi connectivity index (χ0n) is 22.2. The van der Waals surface area contributed by atoms with Gasteiger partial charge in [0.05, 0.1) is 11.1 Å². The third-order valence-corrected chi connectivity index (χ3v) is 9.80. The maximum atomic E-state index is 12.5. The third-order valence-electron chi connectivity index (χ3n) is 8.49. The van der Waals surface area contributed by atoms with E-state index >= 15 is 0 Å². The normalized spacial score (nSPS) is 20.0. The molecule has 0 bridgehead atoms. The van der Waals surface area contributed by atoms with Crippen LogP contribution in [0.3, 0.4) is 0 Å². The molecule has 38 heavy (non-hydrogen) atoms. The lowest BCUT2D eigenvalue weighted by Crippen LogP contribution is -2.37. The highest BCUT2D eigenvalue weighted by Crippen LogP contribution is 2.38. The quantitative estimate of drug-likeness (QED) is 0.355. The summed E-state index contributed by atoms with van der Waals surface area (Å²) in [5.74, 6) is 0.711. The van der Waals surface area contributed by atoms with E-state index in [1.54, 1.807) is 18.2 Å². The van der Waals surface area contributed by atoms with Crippen LogP contribution < -0.4 is 5.32 Å². The molecule has 2 N–H and O–H groups in total. The number of aryl methyl sites for hydroxylation is 1. The Hall–Kier alpha value is -3.14. The minimum Gasteiger partial charge on any atom is -0.507 e. The van der Waals surface area contributed by atoms with Crippen molar-refractivity contribution in [2.45, 2.75) is 63.8 Å². The Balaban J connectivity index is 1.18. The van der Waals surface area contributed by atoms with Crippen molar-refractivity contribution in [2.24, 2.45) is 5.92 Å². The van der Waals surface area contributed by atoms with E-state index in [-0.39, 0.29) is 11.7 Å². The lowest BCUT2D eigenvalue weighted by Gasteiger charge is -2.31. The van der Waals surface area contributed by atoms with E-state index in [1.165, 1.54) is 33.4 Å². The molecule has 0 saturated carbocycles. The number of hydrogen-bond donors (Lipinski definition) is 2. The van der Waals surface area contributed by atoms with Crippen molar-refractivity contribution >= 4 is 17.2 Å². The van der Waals surface area contributed by atoms with Crippen LogP contribution in [0.1, 0.15) is 75.3 Å². The summed E-state index contributed by atoms with van der Waals surface area (Å²) in [6.45, 7) is 5.01. The molecule has 3 unspecified atom stereocenters. The average Bonchev–Trinajstić information content (AvgIpc) is 3.58. The van der Waals surface area contributed by atoms with E-state index in [4.69, 9.17) is 0 Å². The Labute approximate surface area is 230 Å². The Morgan fingerprint density at radius 2 is 1.97 bits per heavy atom. The van der Waals surface area contributed by atoms with Gasteiger partial charge < -0.3 is 10.4 Å². The first kappa shape index (κ1) is 26.5. The van der Waals surface area contributed by atoms with E-state index in [9.17, 15) is 15.2 Å². The number of para-hydroxylation sites is 1. The zero-order chi connectivity index (χ0) is 26.5. The van der Waals surface area contributed by atoms with Crippen LogP contribution in [0.2, 0.25) is 0 Å². The van der Waals surface area contributed by atoms with Gasteiger partial charge in [0.15, 0.2) is 0 Å². The predicted molar refractivity (Wildman–Crippen MR) is 153 cm³/mol. The van der Waals surface area contributed by atoms with Crippen LogP contribution in [-0.4, -0.2) is 41.6 Å². The molecule has 5 nitrogen and oxygen atoms in total. The van der Waals surface area contributed by atoms with Gasteiger partial charge in [-0.2, -0.15) is 5.26 Å². The number of carbonyl (C=O) groups is 1. The predicted octanol–water partition coefficient (Wildman–Crippen LogP) is 6.06. The lowest BCUT2D eigenvalue weighted by molar-refractivity contribution is 0.0943. The maximum absolute atomic E-state index is 12.5. The number of hydrogen-bond acceptors (Lipinski definition) is 5. The molecule has 1 aromatic heterocycles. The Bertz CT molecular complexity index is 1300. The van der Waals surface area contributed by atoms with Gasteiger partial charge in [0, 0.05) is 28.9 Å². The minimum absolute atomic E-state index is 0.00342. The fourth-order valence-electron chi connectivity index (χ4n) is 6.14. The monoisotopic (exact) mass is 527 g/mol. The van der Waals surface area contributed by atoms with Crippen molar-refractivity contribution in [3.05, 3.63) is 86.6 Å². The average molecular weight is 528 g/mol. The minimum atomic E-state index is -0.242. The first-order valence-corrected chi connectivity index (χ1v) is 14.8. The molecule has 3 aromatic rings. The van der Waals surface area contributed by atoms with E-state index in [0.717, 1.165) is 57.2 Å². The van der Waals surface area contributed by atoms with Crippen LogP contribution in [0.25, 0.3) is 0 Å². The van der Waals surface area contributed by atoms with Gasteiger partial charge in [0.2, 0.25) is 0 Å². The molecule has 198 valence electrons. The topological polar surface area (TPSA) is 76.4 Å². The first-order chi connectivity index (χ1) is 18.6. The van der Waals surface area contributed by atoms with Gasteiger partial charge in [-0.25, -0.2) is 0 Å². The van der Waals surface area contributed by atoms with Gasteiger partial charge in [0.1, 0.15) is 11.8 Å². The van der Waals surface area contributed by atoms with Gasteiger partial charge in [0.25, 0.3) is 5.91 Å². The molecule has 6 heteroatoms. The molecule has 1 saturated heterocycles. The molecule has 5 rings (SSSR count). The fraction of sp³-hybridized carbons (Fsp3) is 0.438. The molecule has 1 fully saturated rings. The molecule has 0 radical (unpaired) electrons. The number of phenols is 1. The summed E-state index contributed by atoms with van der Waals surface area (Å²) in [5.41, 5.74) is 3.98. The Morgan fingerprint density at radius 1 is 1.18 bits per heavy atom. The highest BCUT2D eigenvalue weighted by molar-refractivity contribution is 7.12. The number of likely N-dealkylation sites (tertiary alicyclic amines) is 1. The zero-order valence-corrected chi connectivity index (χ0v) is 23.0. The summed E-state index contributed by atoms with van der Waals surface area (Å²) < 4.78 is 0. The molecule has 2 heterocycles. The summed E-state index contributed by atoms with van der Waals surface area (Å²) in [5, 5.41) is 23.0. The molecule has 1 amide bonds. The number of phenolic OH excluding ortho intramolecular Hbond substituents is 1. The largest absolute Gasteiger partial charge is 0.507 e. The summed E-state index contributed by atoms with van der Waals surface area (Å²) in [6, 6.07) is 20.6. The van der Waals surface area contributed by atoms with Crippen LogP contribution in [0.15, 0.2) is 54.6 Å². The second-order valence-electron chi connectivity index (χ2n) is 10.7. The van der Waals surface area contributed by atoms with Crippen molar-refractivity contribution in [1.29, 1.82) is 5.26 Å². The number of amides is 1. The van der Waals surface area contributed by atoms with Crippen LogP contribution in [-0.2, 0) is 19.3 Å². The first-order valence-electron chi connectivity index (χ1n) is 14.0. The molecule has 2 aromatic carbocycles. The number of benzene rings is 2. The van der Waals surface area contributed by atoms with Gasteiger partial charge in [-0.3, -0.25) is 9.69 Å². The van der Waals surface area contributed by atoms with Crippen LogP contribution in [0.4, 0.5) is 0 Å². The number of nitrogens with zero attached hydrogens (tertiary/aromatic N) is 2. The number of thiophene rings is 1.